The molecular weight excluding hydrogens is 206 g/mol. The van der Waals surface area contributed by atoms with Crippen molar-refractivity contribution in [3.63, 3.8) is 0 Å². The van der Waals surface area contributed by atoms with Crippen LogP contribution in [0.15, 0.2) is 30.4 Å². The molecule has 0 aliphatic rings. The van der Waals surface area contributed by atoms with E-state index < -0.39 is 0 Å². The molecule has 0 fully saturated rings. The summed E-state index contributed by atoms with van der Waals surface area (Å²) in [7, 11) is 3.11. The maximum absolute atomic E-state index is 11.4. The third kappa shape index (κ3) is 3.02. The van der Waals surface area contributed by atoms with Gasteiger partial charge >= 0.3 is 0 Å². The van der Waals surface area contributed by atoms with Gasteiger partial charge in [-0.2, -0.15) is 0 Å². The summed E-state index contributed by atoms with van der Waals surface area (Å²) in [4.78, 5) is 11.4. The van der Waals surface area contributed by atoms with Crippen LogP contribution in [0.25, 0.3) is 0 Å². The number of anilines is 1. The van der Waals surface area contributed by atoms with Gasteiger partial charge in [0.25, 0.3) is 5.91 Å². The Morgan fingerprint density at radius 3 is 2.06 bits per heavy atom. The summed E-state index contributed by atoms with van der Waals surface area (Å²) >= 11 is 0. The van der Waals surface area contributed by atoms with Crippen molar-refractivity contribution >= 4 is 11.6 Å². The van der Waals surface area contributed by atoms with E-state index in [2.05, 4.69) is 11.9 Å². The summed E-state index contributed by atoms with van der Waals surface area (Å²) in [6, 6.07) is 5.16. The van der Waals surface area contributed by atoms with Crippen LogP contribution in [-0.4, -0.2) is 20.1 Å². The normalized spacial score (nSPS) is 9.44. The molecule has 0 aliphatic carbocycles. The van der Waals surface area contributed by atoms with Crippen LogP contribution in [0.1, 0.15) is 6.92 Å². The predicted molar refractivity (Wildman–Crippen MR) is 63.0 cm³/mol. The molecule has 0 unspecified atom stereocenters. The van der Waals surface area contributed by atoms with Gasteiger partial charge in [-0.15, -0.1) is 0 Å². The van der Waals surface area contributed by atoms with Crippen molar-refractivity contribution in [2.75, 3.05) is 19.5 Å². The first-order chi connectivity index (χ1) is 7.56. The minimum absolute atomic E-state index is 0.227. The number of hydrogen-bond acceptors (Lipinski definition) is 3. The number of ether oxygens (including phenoxy) is 2. The number of nitrogens with one attached hydrogen (secondary N) is 1. The molecule has 4 heteroatoms. The van der Waals surface area contributed by atoms with Crippen LogP contribution in [-0.2, 0) is 4.79 Å². The van der Waals surface area contributed by atoms with E-state index in [0.717, 1.165) is 0 Å². The van der Waals surface area contributed by atoms with E-state index in [1.165, 1.54) is 0 Å². The molecule has 0 saturated carbocycles. The first-order valence-electron chi connectivity index (χ1n) is 4.76. The highest BCUT2D eigenvalue weighted by atomic mass is 16.5. The van der Waals surface area contributed by atoms with E-state index in [-0.39, 0.29) is 5.91 Å². The molecule has 0 bridgehead atoms. The van der Waals surface area contributed by atoms with E-state index in [0.29, 0.717) is 22.8 Å². The zero-order valence-corrected chi connectivity index (χ0v) is 9.66. The Bertz CT molecular complexity index is 390. The third-order valence-corrected chi connectivity index (χ3v) is 2.00. The van der Waals surface area contributed by atoms with E-state index in [9.17, 15) is 4.79 Å². The molecule has 1 aromatic carbocycles. The van der Waals surface area contributed by atoms with Crippen LogP contribution in [0.3, 0.4) is 0 Å². The average molecular weight is 221 g/mol. The molecule has 1 aromatic rings. The summed E-state index contributed by atoms with van der Waals surface area (Å²) in [6.07, 6.45) is 0. The molecule has 0 radical (unpaired) electrons. The second-order valence-corrected chi connectivity index (χ2v) is 3.34. The number of carbonyl (C=O) groups is 1. The van der Waals surface area contributed by atoms with E-state index in [1.54, 1.807) is 39.3 Å². The Morgan fingerprint density at radius 2 is 1.69 bits per heavy atom. The topological polar surface area (TPSA) is 47.6 Å². The SMILES string of the molecule is C=C(C)C(=O)Nc1cc(OC)cc(OC)c1. The highest BCUT2D eigenvalue weighted by Crippen LogP contribution is 2.25. The monoisotopic (exact) mass is 221 g/mol. The molecule has 86 valence electrons. The Hall–Kier alpha value is -1.97. The van der Waals surface area contributed by atoms with Crippen LogP contribution >= 0.6 is 0 Å². The van der Waals surface area contributed by atoms with Gasteiger partial charge < -0.3 is 14.8 Å². The zero-order chi connectivity index (χ0) is 12.1. The molecule has 0 spiro atoms. The fourth-order valence-corrected chi connectivity index (χ4v) is 1.12. The lowest BCUT2D eigenvalue weighted by molar-refractivity contribution is -0.112. The first kappa shape index (κ1) is 12.1. The number of carbonyl (C=O) groups excluding carboxylic acids is 1. The highest BCUT2D eigenvalue weighted by molar-refractivity contribution is 6.03. The van der Waals surface area contributed by atoms with Crippen molar-refractivity contribution < 1.29 is 14.3 Å². The van der Waals surface area contributed by atoms with Crippen molar-refractivity contribution in [3.05, 3.63) is 30.4 Å². The molecule has 0 aliphatic heterocycles. The molecule has 0 aromatic heterocycles. The van der Waals surface area contributed by atoms with Gasteiger partial charge in [-0.05, 0) is 6.92 Å². The van der Waals surface area contributed by atoms with E-state index in [4.69, 9.17) is 9.47 Å². The van der Waals surface area contributed by atoms with Crippen molar-refractivity contribution in [3.8, 4) is 11.5 Å². The van der Waals surface area contributed by atoms with E-state index >= 15 is 0 Å². The first-order valence-corrected chi connectivity index (χ1v) is 4.76. The Balaban J connectivity index is 2.95. The van der Waals surface area contributed by atoms with Crippen molar-refractivity contribution in [1.29, 1.82) is 0 Å². The van der Waals surface area contributed by atoms with Gasteiger partial charge in [0.15, 0.2) is 0 Å². The lowest BCUT2D eigenvalue weighted by Crippen LogP contribution is -2.11. The number of benzene rings is 1. The predicted octanol–water partition coefficient (Wildman–Crippen LogP) is 2.22. The largest absolute Gasteiger partial charge is 0.497 e. The quantitative estimate of drug-likeness (QED) is 0.793. The van der Waals surface area contributed by atoms with Crippen LogP contribution in [0, 0.1) is 0 Å². The number of methoxy groups -OCH3 is 2. The lowest BCUT2D eigenvalue weighted by atomic mass is 10.2. The van der Waals surface area contributed by atoms with Gasteiger partial charge in [0.05, 0.1) is 14.2 Å². The van der Waals surface area contributed by atoms with Crippen molar-refractivity contribution in [1.82, 2.24) is 0 Å². The van der Waals surface area contributed by atoms with Crippen LogP contribution < -0.4 is 14.8 Å². The average Bonchev–Trinajstić information content (AvgIpc) is 2.28. The van der Waals surface area contributed by atoms with Crippen LogP contribution in [0.4, 0.5) is 5.69 Å². The van der Waals surface area contributed by atoms with Gasteiger partial charge in [-0.25, -0.2) is 0 Å². The number of rotatable bonds is 4. The molecule has 4 nitrogen and oxygen atoms in total. The summed E-state index contributed by atoms with van der Waals surface area (Å²) in [5, 5.41) is 2.69. The fourth-order valence-electron chi connectivity index (χ4n) is 1.12. The van der Waals surface area contributed by atoms with Crippen LogP contribution in [0.5, 0.6) is 11.5 Å². The fraction of sp³-hybridized carbons (Fsp3) is 0.250. The number of amides is 1. The second kappa shape index (κ2) is 5.21. The summed E-state index contributed by atoms with van der Waals surface area (Å²) in [5.74, 6) is 1.02. The maximum atomic E-state index is 11.4. The second-order valence-electron chi connectivity index (χ2n) is 3.34. The lowest BCUT2D eigenvalue weighted by Gasteiger charge is -2.09. The van der Waals surface area contributed by atoms with Gasteiger partial charge in [0, 0.05) is 29.5 Å². The minimum atomic E-state index is -0.227. The standard InChI is InChI=1S/C12H15NO3/c1-8(2)12(14)13-9-5-10(15-3)7-11(6-9)16-4/h5-7H,1H2,2-4H3,(H,13,14). The molecule has 0 saturated heterocycles. The Morgan fingerprint density at radius 1 is 1.19 bits per heavy atom. The van der Waals surface area contributed by atoms with E-state index in [1.807, 2.05) is 0 Å². The molecule has 1 N–H and O–H groups in total. The van der Waals surface area contributed by atoms with Gasteiger partial charge in [0.1, 0.15) is 11.5 Å². The van der Waals surface area contributed by atoms with Gasteiger partial charge in [-0.1, -0.05) is 6.58 Å². The molecule has 1 amide bonds. The smallest absolute Gasteiger partial charge is 0.250 e. The highest BCUT2D eigenvalue weighted by Gasteiger charge is 2.06. The van der Waals surface area contributed by atoms with Crippen LogP contribution in [0.2, 0.25) is 0 Å². The van der Waals surface area contributed by atoms with Gasteiger partial charge in [-0.3, -0.25) is 4.79 Å². The summed E-state index contributed by atoms with van der Waals surface area (Å²) in [5.41, 5.74) is 1.06. The minimum Gasteiger partial charge on any atom is -0.497 e. The van der Waals surface area contributed by atoms with Crippen molar-refractivity contribution in [2.45, 2.75) is 6.92 Å². The Kier molecular flexibility index (Phi) is 3.94. The maximum Gasteiger partial charge on any atom is 0.250 e. The Labute approximate surface area is 94.9 Å². The third-order valence-electron chi connectivity index (χ3n) is 2.00. The van der Waals surface area contributed by atoms with Crippen molar-refractivity contribution in [2.24, 2.45) is 0 Å². The summed E-state index contributed by atoms with van der Waals surface area (Å²) in [6.45, 7) is 5.21. The molecule has 0 atom stereocenters. The van der Waals surface area contributed by atoms with Gasteiger partial charge in [0.2, 0.25) is 0 Å². The molecular formula is C12H15NO3. The zero-order valence-electron chi connectivity index (χ0n) is 9.66. The summed E-state index contributed by atoms with van der Waals surface area (Å²) < 4.78 is 10.2. The number of hydrogen-bond donors (Lipinski definition) is 1. The molecule has 16 heavy (non-hydrogen) atoms. The molecule has 1 rings (SSSR count). The molecule has 0 heterocycles.